The molecule has 0 spiro atoms. The van der Waals surface area contributed by atoms with Crippen LogP contribution >= 0.6 is 13.5 Å². The highest BCUT2D eigenvalue weighted by Gasteiger charge is 1.72. The smallest absolute Gasteiger partial charge is 0.0313 e. The Bertz CT molecular complexity index is 139. The Hall–Kier alpha value is -0.630. The van der Waals surface area contributed by atoms with Crippen molar-refractivity contribution in [3.05, 3.63) is 30.3 Å². The molecule has 0 aliphatic rings. The van der Waals surface area contributed by atoms with Gasteiger partial charge in [-0.2, -0.15) is 13.5 Å². The van der Waals surface area contributed by atoms with E-state index in [9.17, 15) is 0 Å². The van der Waals surface area contributed by atoms with E-state index in [0.29, 0.717) is 0 Å². The topological polar surface area (TPSA) is 26.0 Å². The number of rotatable bonds is 0. The molecule has 0 amide bonds. The molecule has 1 rings (SSSR count). The molecule has 1 nitrogen and oxygen atoms in total. The Morgan fingerprint density at radius 1 is 1.00 bits per heavy atom. The highest BCUT2D eigenvalue weighted by molar-refractivity contribution is 7.59. The number of hydrogen-bond donors (Lipinski definition) is 1. The monoisotopic (exact) mass is 143 g/mol. The van der Waals surface area contributed by atoms with Crippen molar-refractivity contribution in [2.75, 3.05) is 5.73 Å². The number of para-hydroxylation sites is 1. The number of benzene rings is 1. The molecule has 0 atom stereocenters. The first kappa shape index (κ1) is 11.2. The Labute approximate surface area is 63.3 Å². The molecule has 1 aromatic rings. The second-order valence-corrected chi connectivity index (χ2v) is 1.41. The first-order valence-corrected chi connectivity index (χ1v) is 2.20. The van der Waals surface area contributed by atoms with Crippen LogP contribution in [-0.2, 0) is 0 Å². The van der Waals surface area contributed by atoms with Crippen LogP contribution in [0.5, 0.6) is 0 Å². The van der Waals surface area contributed by atoms with Gasteiger partial charge in [-0.15, -0.1) is 0 Å². The van der Waals surface area contributed by atoms with Crippen molar-refractivity contribution in [2.24, 2.45) is 0 Å². The lowest BCUT2D eigenvalue weighted by Crippen LogP contribution is -1.79. The van der Waals surface area contributed by atoms with Crippen LogP contribution in [0, 0.1) is 0 Å². The molecule has 0 bridgehead atoms. The Morgan fingerprint density at radius 2 is 1.44 bits per heavy atom. The first-order chi connectivity index (χ1) is 3.39. The lowest BCUT2D eigenvalue weighted by Gasteiger charge is -1.83. The molecule has 52 valence electrons. The molecule has 0 radical (unpaired) electrons. The summed E-state index contributed by atoms with van der Waals surface area (Å²) in [4.78, 5) is 0. The Morgan fingerprint density at radius 3 is 1.67 bits per heavy atom. The van der Waals surface area contributed by atoms with Crippen molar-refractivity contribution < 1.29 is 0 Å². The van der Waals surface area contributed by atoms with Gasteiger partial charge in [-0.25, -0.2) is 0 Å². The van der Waals surface area contributed by atoms with Gasteiger partial charge in [0.25, 0.3) is 0 Å². The highest BCUT2D eigenvalue weighted by atomic mass is 32.1. The fourth-order valence-corrected chi connectivity index (χ4v) is 0.453. The van der Waals surface area contributed by atoms with Gasteiger partial charge in [-0.3, -0.25) is 0 Å². The van der Waals surface area contributed by atoms with Gasteiger partial charge < -0.3 is 5.73 Å². The third-order valence-corrected chi connectivity index (χ3v) is 0.800. The van der Waals surface area contributed by atoms with Crippen molar-refractivity contribution in [1.29, 1.82) is 0 Å². The van der Waals surface area contributed by atoms with Crippen molar-refractivity contribution in [3.8, 4) is 0 Å². The van der Waals surface area contributed by atoms with E-state index in [1.165, 1.54) is 0 Å². The zero-order chi connectivity index (χ0) is 5.11. The summed E-state index contributed by atoms with van der Waals surface area (Å²) in [5.41, 5.74) is 6.18. The molecule has 9 heavy (non-hydrogen) atoms. The predicted octanol–water partition coefficient (Wildman–Crippen LogP) is 2.02. The standard InChI is InChI=1S/C6H7N.CH4.H2S/c7-6-4-2-1-3-5-6;;/h1-5H,7H2;1H4;1H2. The van der Waals surface area contributed by atoms with Gasteiger partial charge in [0, 0.05) is 5.69 Å². The molecule has 0 aliphatic carbocycles. The molecule has 0 unspecified atom stereocenters. The molecular weight excluding hydrogens is 130 g/mol. The molecule has 0 saturated heterocycles. The minimum absolute atomic E-state index is 0. The van der Waals surface area contributed by atoms with E-state index in [1.807, 2.05) is 30.3 Å². The fourth-order valence-electron chi connectivity index (χ4n) is 0.453. The molecule has 0 saturated carbocycles. The molecule has 1 aromatic carbocycles. The van der Waals surface area contributed by atoms with E-state index in [4.69, 9.17) is 5.73 Å². The summed E-state index contributed by atoms with van der Waals surface area (Å²) in [6.45, 7) is 0. The summed E-state index contributed by atoms with van der Waals surface area (Å²) in [6.07, 6.45) is 0. The van der Waals surface area contributed by atoms with E-state index < -0.39 is 0 Å². The third-order valence-electron chi connectivity index (χ3n) is 0.800. The van der Waals surface area contributed by atoms with Gasteiger partial charge in [0.1, 0.15) is 0 Å². The van der Waals surface area contributed by atoms with Gasteiger partial charge >= 0.3 is 0 Å². The van der Waals surface area contributed by atoms with Crippen LogP contribution in [0.4, 0.5) is 5.69 Å². The van der Waals surface area contributed by atoms with Crippen LogP contribution in [0.25, 0.3) is 0 Å². The van der Waals surface area contributed by atoms with E-state index in [-0.39, 0.29) is 20.9 Å². The van der Waals surface area contributed by atoms with Gasteiger partial charge in [-0.05, 0) is 12.1 Å². The van der Waals surface area contributed by atoms with Crippen molar-refractivity contribution in [2.45, 2.75) is 7.43 Å². The third kappa shape index (κ3) is 3.91. The lowest BCUT2D eigenvalue weighted by molar-refractivity contribution is 1.69. The molecule has 0 heterocycles. The maximum absolute atomic E-state index is 5.36. The van der Waals surface area contributed by atoms with E-state index in [1.54, 1.807) is 0 Å². The van der Waals surface area contributed by atoms with Gasteiger partial charge in [0.05, 0.1) is 0 Å². The normalized spacial score (nSPS) is 6.67. The van der Waals surface area contributed by atoms with E-state index in [2.05, 4.69) is 0 Å². The van der Waals surface area contributed by atoms with Crippen LogP contribution in [-0.4, -0.2) is 0 Å². The Balaban J connectivity index is 0. The van der Waals surface area contributed by atoms with Gasteiger partial charge in [0.15, 0.2) is 0 Å². The first-order valence-electron chi connectivity index (χ1n) is 2.20. The maximum atomic E-state index is 5.36. The molecule has 0 fully saturated rings. The highest BCUT2D eigenvalue weighted by Crippen LogP contribution is 1.95. The van der Waals surface area contributed by atoms with Crippen molar-refractivity contribution >= 4 is 19.2 Å². The summed E-state index contributed by atoms with van der Waals surface area (Å²) in [6, 6.07) is 9.49. The summed E-state index contributed by atoms with van der Waals surface area (Å²) in [5.74, 6) is 0. The average Bonchev–Trinajstić information content (AvgIpc) is 1.69. The van der Waals surface area contributed by atoms with Gasteiger partial charge in [-0.1, -0.05) is 25.6 Å². The van der Waals surface area contributed by atoms with Crippen LogP contribution in [0.15, 0.2) is 30.3 Å². The number of anilines is 1. The van der Waals surface area contributed by atoms with Crippen LogP contribution in [0.2, 0.25) is 0 Å². The average molecular weight is 143 g/mol. The van der Waals surface area contributed by atoms with Crippen molar-refractivity contribution in [3.63, 3.8) is 0 Å². The molecule has 0 aliphatic heterocycles. The SMILES string of the molecule is C.Nc1ccccc1.S. The predicted molar refractivity (Wildman–Crippen MR) is 48.0 cm³/mol. The number of hydrogen-bond acceptors (Lipinski definition) is 1. The van der Waals surface area contributed by atoms with Crippen LogP contribution in [0.3, 0.4) is 0 Å². The minimum Gasteiger partial charge on any atom is -0.399 e. The fraction of sp³-hybridized carbons (Fsp3) is 0.143. The minimum atomic E-state index is 0. The van der Waals surface area contributed by atoms with E-state index in [0.717, 1.165) is 5.69 Å². The molecular formula is C7H13NS. The maximum Gasteiger partial charge on any atom is 0.0313 e. The largest absolute Gasteiger partial charge is 0.399 e. The lowest BCUT2D eigenvalue weighted by atomic mass is 10.3. The molecule has 2 N–H and O–H groups in total. The zero-order valence-electron chi connectivity index (χ0n) is 4.46. The van der Waals surface area contributed by atoms with Gasteiger partial charge in [0.2, 0.25) is 0 Å². The number of nitrogen functional groups attached to an aromatic ring is 1. The van der Waals surface area contributed by atoms with E-state index >= 15 is 0 Å². The second-order valence-electron chi connectivity index (χ2n) is 1.41. The second kappa shape index (κ2) is 5.51. The molecule has 2 heteroatoms. The van der Waals surface area contributed by atoms with Crippen LogP contribution in [0.1, 0.15) is 7.43 Å². The Kier molecular flexibility index (Phi) is 6.85. The zero-order valence-corrected chi connectivity index (χ0v) is 5.46. The summed E-state index contributed by atoms with van der Waals surface area (Å²) >= 11 is 0. The quantitative estimate of drug-likeness (QED) is 0.552. The summed E-state index contributed by atoms with van der Waals surface area (Å²) in [5, 5.41) is 0. The molecule has 0 aromatic heterocycles. The van der Waals surface area contributed by atoms with Crippen LogP contribution < -0.4 is 5.73 Å². The number of nitrogens with two attached hydrogens (primary N) is 1. The summed E-state index contributed by atoms with van der Waals surface area (Å²) in [7, 11) is 0. The van der Waals surface area contributed by atoms with Crippen molar-refractivity contribution in [1.82, 2.24) is 0 Å². The summed E-state index contributed by atoms with van der Waals surface area (Å²) < 4.78 is 0.